The van der Waals surface area contributed by atoms with E-state index in [0.717, 1.165) is 5.56 Å². The number of oxime groups is 1. The molecule has 1 aliphatic rings. The maximum Gasteiger partial charge on any atom is 0.243 e. The van der Waals surface area contributed by atoms with Crippen molar-refractivity contribution in [2.45, 2.75) is 0 Å². The minimum Gasteiger partial charge on any atom is -0.479 e. The van der Waals surface area contributed by atoms with Gasteiger partial charge in [-0.2, -0.15) is 5.26 Å². The predicted molar refractivity (Wildman–Crippen MR) is 71.8 cm³/mol. The largest absolute Gasteiger partial charge is 0.479 e. The SMILES string of the molecule is COC1=NC(=C(\C#N)c2ccccc2)/C=CC/1=N\O. The van der Waals surface area contributed by atoms with Crippen molar-refractivity contribution in [2.24, 2.45) is 10.1 Å². The van der Waals surface area contributed by atoms with E-state index in [2.05, 4.69) is 16.2 Å². The summed E-state index contributed by atoms with van der Waals surface area (Å²) in [5.41, 5.74) is 1.89. The second kappa shape index (κ2) is 5.65. The van der Waals surface area contributed by atoms with Gasteiger partial charge in [0, 0.05) is 0 Å². The Morgan fingerprint density at radius 1 is 1.32 bits per heavy atom. The quantitative estimate of drug-likeness (QED) is 0.474. The van der Waals surface area contributed by atoms with E-state index in [1.54, 1.807) is 12.2 Å². The molecule has 19 heavy (non-hydrogen) atoms. The summed E-state index contributed by atoms with van der Waals surface area (Å²) < 4.78 is 5.02. The number of ether oxygens (including phenoxy) is 1. The first kappa shape index (κ1) is 12.6. The molecular weight excluding hydrogens is 242 g/mol. The van der Waals surface area contributed by atoms with Crippen LogP contribution >= 0.6 is 0 Å². The molecule has 1 aromatic carbocycles. The third-order valence-corrected chi connectivity index (χ3v) is 2.57. The first-order valence-electron chi connectivity index (χ1n) is 5.53. The van der Waals surface area contributed by atoms with E-state index in [4.69, 9.17) is 9.94 Å². The molecule has 0 fully saturated rings. The van der Waals surface area contributed by atoms with Crippen molar-refractivity contribution in [1.82, 2.24) is 0 Å². The number of nitriles is 1. The summed E-state index contributed by atoms with van der Waals surface area (Å²) in [5.74, 6) is 0.170. The van der Waals surface area contributed by atoms with Gasteiger partial charge in [0.15, 0.2) is 5.71 Å². The molecule has 1 aliphatic heterocycles. The third kappa shape index (κ3) is 2.53. The Morgan fingerprint density at radius 3 is 2.63 bits per heavy atom. The highest BCUT2D eigenvalue weighted by Gasteiger charge is 2.16. The Hall–Kier alpha value is -2.87. The molecule has 0 atom stereocenters. The standard InChI is InChI=1S/C14H11N3O2/c1-19-14-13(17-18)8-7-12(16-14)11(9-15)10-5-3-2-4-6-10/h2-8,18H,1H3/b12-11+,17-13+. The van der Waals surface area contributed by atoms with Gasteiger partial charge in [-0.25, -0.2) is 4.99 Å². The van der Waals surface area contributed by atoms with Gasteiger partial charge in [0.05, 0.1) is 18.4 Å². The number of benzene rings is 1. The second-order valence-electron chi connectivity index (χ2n) is 3.68. The van der Waals surface area contributed by atoms with Crippen LogP contribution in [0.4, 0.5) is 0 Å². The number of rotatable bonds is 1. The molecule has 0 saturated heterocycles. The van der Waals surface area contributed by atoms with Crippen LogP contribution in [0.15, 0.2) is 58.3 Å². The molecule has 0 spiro atoms. The normalized spacial score (nSPS) is 18.7. The lowest BCUT2D eigenvalue weighted by molar-refractivity contribution is 0.318. The molecule has 1 aromatic rings. The molecule has 0 saturated carbocycles. The predicted octanol–water partition coefficient (Wildman–Crippen LogP) is 2.37. The lowest BCUT2D eigenvalue weighted by Crippen LogP contribution is -2.17. The monoisotopic (exact) mass is 253 g/mol. The van der Waals surface area contributed by atoms with E-state index in [1.807, 2.05) is 30.3 Å². The first-order valence-corrected chi connectivity index (χ1v) is 5.53. The first-order chi connectivity index (χ1) is 9.30. The van der Waals surface area contributed by atoms with Crippen molar-refractivity contribution in [3.05, 3.63) is 53.7 Å². The topological polar surface area (TPSA) is 78.0 Å². The van der Waals surface area contributed by atoms with Crippen molar-refractivity contribution in [3.63, 3.8) is 0 Å². The Labute approximate surface area is 110 Å². The number of hydrogen-bond donors (Lipinski definition) is 1. The third-order valence-electron chi connectivity index (χ3n) is 2.57. The fraction of sp³-hybridized carbons (Fsp3) is 0.0714. The van der Waals surface area contributed by atoms with Gasteiger partial charge < -0.3 is 9.94 Å². The Bertz CT molecular complexity index is 634. The van der Waals surface area contributed by atoms with Crippen LogP contribution in [-0.2, 0) is 4.74 Å². The molecule has 94 valence electrons. The van der Waals surface area contributed by atoms with E-state index < -0.39 is 0 Å². The molecule has 1 heterocycles. The van der Waals surface area contributed by atoms with Crippen molar-refractivity contribution >= 4 is 17.2 Å². The number of methoxy groups -OCH3 is 1. The summed E-state index contributed by atoms with van der Waals surface area (Å²) in [5, 5.41) is 21.1. The van der Waals surface area contributed by atoms with Gasteiger partial charge in [0.2, 0.25) is 5.90 Å². The van der Waals surface area contributed by atoms with Crippen molar-refractivity contribution < 1.29 is 9.94 Å². The van der Waals surface area contributed by atoms with Crippen LogP contribution in [0.1, 0.15) is 5.56 Å². The molecule has 0 aromatic heterocycles. The summed E-state index contributed by atoms with van der Waals surface area (Å²) >= 11 is 0. The Morgan fingerprint density at radius 2 is 2.05 bits per heavy atom. The van der Waals surface area contributed by atoms with Crippen LogP contribution in [0, 0.1) is 11.3 Å². The van der Waals surface area contributed by atoms with Crippen LogP contribution in [0.5, 0.6) is 0 Å². The fourth-order valence-corrected chi connectivity index (χ4v) is 1.67. The van der Waals surface area contributed by atoms with Gasteiger partial charge in [0.25, 0.3) is 0 Å². The van der Waals surface area contributed by atoms with Gasteiger partial charge in [-0.05, 0) is 17.7 Å². The Balaban J connectivity index is 2.53. The van der Waals surface area contributed by atoms with E-state index in [9.17, 15) is 5.26 Å². The molecule has 2 rings (SSSR count). The zero-order chi connectivity index (χ0) is 13.7. The van der Waals surface area contributed by atoms with E-state index in [0.29, 0.717) is 11.3 Å². The Kier molecular flexibility index (Phi) is 3.74. The lowest BCUT2D eigenvalue weighted by Gasteiger charge is -2.10. The summed E-state index contributed by atoms with van der Waals surface area (Å²) in [6, 6.07) is 11.4. The average molecular weight is 253 g/mol. The minimum absolute atomic E-state index is 0.170. The number of nitrogens with zero attached hydrogens (tertiary/aromatic N) is 3. The number of aliphatic imine (C=N–C) groups is 1. The van der Waals surface area contributed by atoms with Crippen LogP contribution in [-0.4, -0.2) is 23.9 Å². The van der Waals surface area contributed by atoms with Crippen LogP contribution in [0.3, 0.4) is 0 Å². The van der Waals surface area contributed by atoms with Crippen molar-refractivity contribution in [3.8, 4) is 6.07 Å². The van der Waals surface area contributed by atoms with Gasteiger partial charge in [-0.3, -0.25) is 0 Å². The molecule has 0 bridgehead atoms. The summed E-state index contributed by atoms with van der Waals surface area (Å²) in [4.78, 5) is 4.17. The number of dihydropyridines is 1. The highest BCUT2D eigenvalue weighted by atomic mass is 16.5. The number of allylic oxidation sites excluding steroid dienone is 2. The summed E-state index contributed by atoms with van der Waals surface area (Å²) in [6.07, 6.45) is 3.16. The van der Waals surface area contributed by atoms with Crippen LogP contribution in [0.2, 0.25) is 0 Å². The maximum absolute atomic E-state index is 9.28. The van der Waals surface area contributed by atoms with Crippen molar-refractivity contribution in [2.75, 3.05) is 7.11 Å². The van der Waals surface area contributed by atoms with Gasteiger partial charge in [-0.15, -0.1) is 0 Å². The van der Waals surface area contributed by atoms with E-state index in [1.165, 1.54) is 7.11 Å². The molecule has 0 radical (unpaired) electrons. The highest BCUT2D eigenvalue weighted by Crippen LogP contribution is 2.22. The van der Waals surface area contributed by atoms with Gasteiger partial charge >= 0.3 is 0 Å². The summed E-state index contributed by atoms with van der Waals surface area (Å²) in [6.45, 7) is 0. The average Bonchev–Trinajstić information content (AvgIpc) is 2.49. The lowest BCUT2D eigenvalue weighted by atomic mass is 10.0. The van der Waals surface area contributed by atoms with Crippen molar-refractivity contribution in [1.29, 1.82) is 5.26 Å². The maximum atomic E-state index is 9.28. The molecule has 5 heteroatoms. The van der Waals surface area contributed by atoms with Gasteiger partial charge in [-0.1, -0.05) is 35.5 Å². The minimum atomic E-state index is 0.170. The molecule has 1 N–H and O–H groups in total. The highest BCUT2D eigenvalue weighted by molar-refractivity contribution is 6.44. The second-order valence-corrected chi connectivity index (χ2v) is 3.68. The molecule has 0 aliphatic carbocycles. The van der Waals surface area contributed by atoms with Crippen LogP contribution < -0.4 is 0 Å². The molecule has 0 amide bonds. The van der Waals surface area contributed by atoms with E-state index in [-0.39, 0.29) is 11.6 Å². The van der Waals surface area contributed by atoms with Crippen LogP contribution in [0.25, 0.3) is 5.57 Å². The van der Waals surface area contributed by atoms with E-state index >= 15 is 0 Å². The molecular formula is C14H11N3O2. The fourth-order valence-electron chi connectivity index (χ4n) is 1.67. The molecule has 5 nitrogen and oxygen atoms in total. The van der Waals surface area contributed by atoms with Gasteiger partial charge in [0.1, 0.15) is 6.07 Å². The summed E-state index contributed by atoms with van der Waals surface area (Å²) in [7, 11) is 1.43. The zero-order valence-electron chi connectivity index (χ0n) is 10.2. The number of hydrogen-bond acceptors (Lipinski definition) is 5. The smallest absolute Gasteiger partial charge is 0.243 e. The zero-order valence-corrected chi connectivity index (χ0v) is 10.2. The molecule has 0 unspecified atom stereocenters.